The lowest BCUT2D eigenvalue weighted by Crippen LogP contribution is -2.13. The van der Waals surface area contributed by atoms with Crippen molar-refractivity contribution in [2.45, 2.75) is 6.92 Å². The maximum Gasteiger partial charge on any atom is 0.363 e. The fourth-order valence-corrected chi connectivity index (χ4v) is 3.51. The van der Waals surface area contributed by atoms with Gasteiger partial charge in [0.15, 0.2) is 23.8 Å². The fraction of sp³-hybridized carbons (Fsp3) is 0.190. The number of carbonyl (C=O) groups excluding carboxylic acids is 2. The van der Waals surface area contributed by atoms with Crippen molar-refractivity contribution >= 4 is 57.1 Å². The number of esters is 2. The number of hydrogen-bond acceptors (Lipinski definition) is 9. The van der Waals surface area contributed by atoms with Crippen LogP contribution in [0.15, 0.2) is 45.5 Å². The molecule has 0 fully saturated rings. The Morgan fingerprint density at radius 2 is 2.06 bits per heavy atom. The number of ether oxygens (including phenoxy) is 4. The third-order valence-electron chi connectivity index (χ3n) is 4.21. The molecule has 33 heavy (non-hydrogen) atoms. The zero-order valence-corrected chi connectivity index (χ0v) is 19.6. The molecule has 0 amide bonds. The van der Waals surface area contributed by atoms with Crippen LogP contribution in [0.4, 0.5) is 5.69 Å². The smallest absolute Gasteiger partial charge is 0.363 e. The van der Waals surface area contributed by atoms with Gasteiger partial charge in [-0.1, -0.05) is 11.6 Å². The lowest BCUT2D eigenvalue weighted by atomic mass is 10.1. The van der Waals surface area contributed by atoms with Gasteiger partial charge in [0.25, 0.3) is 5.69 Å². The Labute approximate surface area is 201 Å². The van der Waals surface area contributed by atoms with E-state index in [1.165, 1.54) is 31.4 Å². The number of aliphatic imine (C=N–C) groups is 1. The molecular formula is C21H16BrClN2O8. The van der Waals surface area contributed by atoms with E-state index >= 15 is 0 Å². The van der Waals surface area contributed by atoms with Crippen molar-refractivity contribution in [1.29, 1.82) is 0 Å². The minimum absolute atomic E-state index is 0.0508. The van der Waals surface area contributed by atoms with E-state index in [1.807, 2.05) is 0 Å². The number of nitro benzene ring substituents is 1. The molecule has 172 valence electrons. The summed E-state index contributed by atoms with van der Waals surface area (Å²) >= 11 is 9.47. The van der Waals surface area contributed by atoms with Gasteiger partial charge in [0.2, 0.25) is 5.90 Å². The first kappa shape index (κ1) is 24.2. The van der Waals surface area contributed by atoms with Gasteiger partial charge in [-0.3, -0.25) is 10.1 Å². The predicted molar refractivity (Wildman–Crippen MR) is 122 cm³/mol. The number of benzene rings is 2. The number of non-ortho nitro benzene ring substituents is 1. The molecule has 1 heterocycles. The highest BCUT2D eigenvalue weighted by atomic mass is 79.9. The number of nitrogens with zero attached hydrogens (tertiary/aromatic N) is 2. The molecule has 0 aliphatic carbocycles. The summed E-state index contributed by atoms with van der Waals surface area (Å²) in [7, 11) is 1.25. The van der Waals surface area contributed by atoms with Gasteiger partial charge in [-0.05, 0) is 52.7 Å². The number of rotatable bonds is 8. The second-order valence-corrected chi connectivity index (χ2v) is 7.65. The van der Waals surface area contributed by atoms with Crippen LogP contribution in [0.5, 0.6) is 11.5 Å². The van der Waals surface area contributed by atoms with E-state index < -0.39 is 16.9 Å². The number of methoxy groups -OCH3 is 1. The van der Waals surface area contributed by atoms with Crippen LogP contribution in [0.3, 0.4) is 0 Å². The lowest BCUT2D eigenvalue weighted by Gasteiger charge is -2.14. The van der Waals surface area contributed by atoms with Crippen molar-refractivity contribution in [1.82, 2.24) is 0 Å². The zero-order valence-electron chi connectivity index (χ0n) is 17.3. The number of cyclic esters (lactones) is 1. The van der Waals surface area contributed by atoms with E-state index in [-0.39, 0.29) is 40.2 Å². The first-order valence-corrected chi connectivity index (χ1v) is 10.5. The van der Waals surface area contributed by atoms with Crippen molar-refractivity contribution in [3.63, 3.8) is 0 Å². The minimum atomic E-state index is -0.757. The van der Waals surface area contributed by atoms with Gasteiger partial charge in [0, 0.05) is 12.1 Å². The van der Waals surface area contributed by atoms with Gasteiger partial charge in [-0.15, -0.1) is 0 Å². The molecule has 2 aromatic carbocycles. The Morgan fingerprint density at radius 3 is 2.73 bits per heavy atom. The summed E-state index contributed by atoms with van der Waals surface area (Å²) in [4.78, 5) is 38.4. The molecule has 0 aromatic heterocycles. The summed E-state index contributed by atoms with van der Waals surface area (Å²) in [6.07, 6.45) is 1.44. The molecule has 10 nitrogen and oxygen atoms in total. The molecule has 0 saturated carbocycles. The number of hydrogen-bond donors (Lipinski definition) is 0. The topological polar surface area (TPSA) is 127 Å². The molecule has 1 aliphatic heterocycles. The van der Waals surface area contributed by atoms with Crippen LogP contribution in [0.25, 0.3) is 6.08 Å². The lowest BCUT2D eigenvalue weighted by molar-refractivity contribution is -0.384. The number of halogens is 2. The molecule has 0 spiro atoms. The molecular weight excluding hydrogens is 524 g/mol. The van der Waals surface area contributed by atoms with E-state index in [4.69, 9.17) is 25.8 Å². The van der Waals surface area contributed by atoms with E-state index in [0.29, 0.717) is 22.4 Å². The Bertz CT molecular complexity index is 1200. The van der Waals surface area contributed by atoms with Crippen LogP contribution in [0, 0.1) is 10.1 Å². The molecule has 0 atom stereocenters. The summed E-state index contributed by atoms with van der Waals surface area (Å²) in [5.74, 6) is -0.869. The van der Waals surface area contributed by atoms with Gasteiger partial charge in [0.1, 0.15) is 0 Å². The van der Waals surface area contributed by atoms with Gasteiger partial charge in [-0.2, -0.15) is 0 Å². The molecule has 0 saturated heterocycles. The highest BCUT2D eigenvalue weighted by molar-refractivity contribution is 9.10. The monoisotopic (exact) mass is 538 g/mol. The molecule has 0 bridgehead atoms. The van der Waals surface area contributed by atoms with E-state index in [9.17, 15) is 19.7 Å². The third kappa shape index (κ3) is 5.68. The van der Waals surface area contributed by atoms with Crippen LogP contribution in [-0.4, -0.2) is 43.1 Å². The van der Waals surface area contributed by atoms with Gasteiger partial charge in [0.05, 0.1) is 33.7 Å². The second-order valence-electron chi connectivity index (χ2n) is 6.39. The average molecular weight is 540 g/mol. The van der Waals surface area contributed by atoms with E-state index in [0.717, 1.165) is 0 Å². The Hall–Kier alpha value is -3.44. The van der Waals surface area contributed by atoms with Crippen LogP contribution in [-0.2, 0) is 19.1 Å². The Morgan fingerprint density at radius 1 is 1.30 bits per heavy atom. The first-order chi connectivity index (χ1) is 15.7. The van der Waals surface area contributed by atoms with Crippen molar-refractivity contribution in [3.8, 4) is 11.5 Å². The summed E-state index contributed by atoms with van der Waals surface area (Å²) in [6, 6.07) is 6.95. The first-order valence-electron chi connectivity index (χ1n) is 9.36. The van der Waals surface area contributed by atoms with Crippen LogP contribution >= 0.6 is 27.5 Å². The predicted octanol–water partition coefficient (Wildman–Crippen LogP) is 4.31. The maximum atomic E-state index is 12.4. The van der Waals surface area contributed by atoms with Gasteiger partial charge >= 0.3 is 11.9 Å². The van der Waals surface area contributed by atoms with E-state index in [2.05, 4.69) is 25.7 Å². The van der Waals surface area contributed by atoms with Crippen LogP contribution in [0.1, 0.15) is 18.1 Å². The number of carbonyl (C=O) groups is 2. The van der Waals surface area contributed by atoms with Crippen molar-refractivity contribution in [2.24, 2.45) is 4.99 Å². The quantitative estimate of drug-likeness (QED) is 0.210. The van der Waals surface area contributed by atoms with Crippen molar-refractivity contribution in [3.05, 3.63) is 66.8 Å². The second kappa shape index (κ2) is 10.5. The van der Waals surface area contributed by atoms with Gasteiger partial charge in [-0.25, -0.2) is 14.6 Å². The van der Waals surface area contributed by atoms with Crippen LogP contribution in [0.2, 0.25) is 5.02 Å². The summed E-state index contributed by atoms with van der Waals surface area (Å²) in [5.41, 5.74) is 0.353. The minimum Gasteiger partial charge on any atom is -0.490 e. The molecule has 0 radical (unpaired) electrons. The van der Waals surface area contributed by atoms with Crippen molar-refractivity contribution < 1.29 is 33.5 Å². The molecule has 0 N–H and O–H groups in total. The molecule has 1 aliphatic rings. The summed E-state index contributed by atoms with van der Waals surface area (Å²) < 4.78 is 21.3. The standard InChI is InChI=1S/C21H16BrClN2O8/c1-3-31-17-8-11(6-14(22)19(17)32-10-18(26)30-2)7-16-21(27)33-20(24-16)13-9-12(25(28)29)4-5-15(13)23/h4-9H,3,10H2,1-2H3/b16-7-. The van der Waals surface area contributed by atoms with Crippen molar-refractivity contribution in [2.75, 3.05) is 20.3 Å². The molecule has 3 rings (SSSR count). The summed E-state index contributed by atoms with van der Waals surface area (Å²) in [5, 5.41) is 11.2. The van der Waals surface area contributed by atoms with E-state index in [1.54, 1.807) is 19.1 Å². The SMILES string of the molecule is CCOc1cc(/C=C2\N=C(c3cc([N+](=O)[O-])ccc3Cl)OC2=O)cc(Br)c1OCC(=O)OC. The van der Waals surface area contributed by atoms with Crippen LogP contribution < -0.4 is 9.47 Å². The normalized spacial score (nSPS) is 14.0. The Kier molecular flexibility index (Phi) is 7.67. The fourth-order valence-electron chi connectivity index (χ4n) is 2.74. The largest absolute Gasteiger partial charge is 0.490 e. The highest BCUT2D eigenvalue weighted by Gasteiger charge is 2.27. The summed E-state index contributed by atoms with van der Waals surface area (Å²) in [6.45, 7) is 1.77. The third-order valence-corrected chi connectivity index (χ3v) is 5.13. The molecule has 0 unspecified atom stereocenters. The Balaban J connectivity index is 1.96. The van der Waals surface area contributed by atoms with Gasteiger partial charge < -0.3 is 18.9 Å². The number of nitro groups is 1. The molecule has 12 heteroatoms. The zero-order chi connectivity index (χ0) is 24.1. The maximum absolute atomic E-state index is 12.4. The average Bonchev–Trinajstić information content (AvgIpc) is 3.13. The molecule has 2 aromatic rings. The highest BCUT2D eigenvalue weighted by Crippen LogP contribution is 2.38.